The first-order valence-corrected chi connectivity index (χ1v) is 33.5. The van der Waals surface area contributed by atoms with E-state index in [9.17, 15) is 126 Å². The Morgan fingerprint density at radius 2 is 0.929 bits per heavy atom. The fourth-order valence-electron chi connectivity index (χ4n) is 9.57. The summed E-state index contributed by atoms with van der Waals surface area (Å²) in [7, 11) is -11.3. The van der Waals surface area contributed by atoms with Crippen LogP contribution in [0.25, 0.3) is 0 Å². The maximum absolute atomic E-state index is 13.6. The van der Waals surface area contributed by atoms with E-state index in [1.54, 1.807) is 30.3 Å². The maximum Gasteiger partial charge on any atom is 0.360 e. The maximum atomic E-state index is 13.6. The molecule has 0 spiro atoms. The molecule has 40 nitrogen and oxygen atoms in total. The van der Waals surface area contributed by atoms with E-state index in [0.29, 0.717) is 5.56 Å². The predicted molar refractivity (Wildman–Crippen MR) is 334 cm³/mol. The Bertz CT molecular complexity index is 3140. The summed E-state index contributed by atoms with van der Waals surface area (Å²) >= 11 is 0. The van der Waals surface area contributed by atoms with Crippen molar-refractivity contribution in [2.75, 3.05) is 98.2 Å². The molecule has 0 saturated carbocycles. The summed E-state index contributed by atoms with van der Waals surface area (Å²) in [6, 6.07) is 5.20. The molecule has 19 N–H and O–H groups in total. The van der Waals surface area contributed by atoms with Gasteiger partial charge in [-0.1, -0.05) is 42.5 Å². The molecule has 2 aromatic carbocycles. The van der Waals surface area contributed by atoms with Crippen LogP contribution < -0.4 is 47.3 Å². The summed E-state index contributed by atoms with van der Waals surface area (Å²) in [6.45, 7) is -3.53. The topological polar surface area (TPSA) is 614 Å². The molecule has 1 heterocycles. The molecule has 5 atom stereocenters. The number of carbonyl (C=O) groups excluding carboxylic acids is 7. The number of carboxylic acids is 7. The van der Waals surface area contributed by atoms with E-state index in [4.69, 9.17) is 9.84 Å². The standard InChI is InChI=1S/C56H82N12O28P2/c69-42(14-13-41(54(87)88)68-24-22-66(31-48(77)78)20-18-65(30-47(75)76)19-21-67(23-25-68)32-49(79)80)57-17-15-43(70)60-39(51(82)59-29-44(71)64-56(97(90,91)92)98(93,94)95)27-35-9-11-36(12-10-35)96-33-45(72)61-38(26-34-6-2-1-3-7-34)50(81)58-16-5-4-8-37(52(83)84)62-55(89)63-40(53(85)86)28-46(73)74/h1-3,6-7,9-12,37-41,56H,4-5,8,13-33H2,(H,57,69)(H,58,81)(H,59,82)(H,60,70)(H,61,72)(H,64,71)(H,73,74)(H,75,76)(H,77,78)(H,79,80)(H,83,84)(H,85,86)(H,87,88)(H2,62,63,89)(H2,90,91,92)(H2,93,94,95)/t37-,38-,39-,40-,41?/m0/s1. The zero-order valence-electron chi connectivity index (χ0n) is 52.7. The van der Waals surface area contributed by atoms with Crippen LogP contribution in [0.3, 0.4) is 0 Å². The third kappa shape index (κ3) is 33.6. The van der Waals surface area contributed by atoms with Gasteiger partial charge in [-0.3, -0.25) is 81.5 Å². The first-order valence-electron chi connectivity index (χ1n) is 30.1. The van der Waals surface area contributed by atoms with Crippen molar-refractivity contribution in [2.45, 2.75) is 93.5 Å². The molecule has 0 radical (unpaired) electrons. The number of ether oxygens (including phenoxy) is 1. The molecule has 0 aliphatic carbocycles. The van der Waals surface area contributed by atoms with Gasteiger partial charge in [-0.25, -0.2) is 14.4 Å². The summed E-state index contributed by atoms with van der Waals surface area (Å²) in [5, 5.41) is 84.3. The number of nitrogens with one attached hydrogen (secondary N) is 8. The molecule has 544 valence electrons. The lowest BCUT2D eigenvalue weighted by atomic mass is 10.0. The second-order valence-corrected chi connectivity index (χ2v) is 26.0. The van der Waals surface area contributed by atoms with Crippen molar-refractivity contribution in [3.63, 3.8) is 0 Å². The number of urea groups is 1. The molecule has 1 aliphatic heterocycles. The molecule has 0 aromatic heterocycles. The predicted octanol–water partition coefficient (Wildman–Crippen LogP) is -5.13. The minimum absolute atomic E-state index is 0.00478. The summed E-state index contributed by atoms with van der Waals surface area (Å²) in [4.78, 5) is 218. The van der Waals surface area contributed by atoms with Crippen LogP contribution in [0.15, 0.2) is 54.6 Å². The molecule has 1 saturated heterocycles. The van der Waals surface area contributed by atoms with Gasteiger partial charge in [0.05, 0.1) is 32.6 Å². The molecule has 8 amide bonds. The Labute approximate surface area is 558 Å². The van der Waals surface area contributed by atoms with E-state index in [0.717, 1.165) is 0 Å². The third-order valence-electron chi connectivity index (χ3n) is 14.5. The van der Waals surface area contributed by atoms with Gasteiger partial charge in [-0.2, -0.15) is 0 Å². The second kappa shape index (κ2) is 41.8. The Morgan fingerprint density at radius 3 is 1.41 bits per heavy atom. The number of aliphatic carboxylic acids is 7. The first-order chi connectivity index (χ1) is 46.0. The Kier molecular flexibility index (Phi) is 35.4. The van der Waals surface area contributed by atoms with Crippen LogP contribution in [-0.4, -0.2) is 292 Å². The van der Waals surface area contributed by atoms with E-state index in [-0.39, 0.29) is 109 Å². The lowest BCUT2D eigenvalue weighted by molar-refractivity contribution is -0.145. The Morgan fingerprint density at radius 1 is 0.449 bits per heavy atom. The van der Waals surface area contributed by atoms with Crippen molar-refractivity contribution in [1.82, 2.24) is 62.1 Å². The molecule has 0 bridgehead atoms. The van der Waals surface area contributed by atoms with E-state index in [1.807, 2.05) is 5.32 Å². The van der Waals surface area contributed by atoms with Gasteiger partial charge in [0.1, 0.15) is 36.0 Å². The SMILES string of the molecule is O=C(O)C[C@H](NC(=O)N[C@@H](CCCCNC(=O)[C@H](Cc1ccccc1)NC(=O)COc1ccc(C[C@H](NC(=O)CCNC(=O)CCC(C(=O)O)N2CCN(CC(=O)O)CCN(CC(=O)O)CCN(CC(=O)O)CC2)C(=O)NCC(=O)NC(P(=O)(O)O)P(=O)(O)O)cc1)C(=O)O)C(=O)O. The van der Waals surface area contributed by atoms with Gasteiger partial charge in [-0.05, 0) is 48.9 Å². The van der Waals surface area contributed by atoms with Crippen molar-refractivity contribution in [1.29, 1.82) is 0 Å². The van der Waals surface area contributed by atoms with Gasteiger partial charge < -0.3 is 103 Å². The highest BCUT2D eigenvalue weighted by atomic mass is 31.2. The number of hydrogen-bond acceptors (Lipinski definition) is 21. The zero-order valence-corrected chi connectivity index (χ0v) is 54.5. The number of carboxylic acid groups (broad SMARTS) is 7. The Balaban J connectivity index is 1.70. The minimum Gasteiger partial charge on any atom is -0.484 e. The fraction of sp³-hybridized carbons (Fsp3) is 0.536. The van der Waals surface area contributed by atoms with Crippen molar-refractivity contribution >= 4 is 98.5 Å². The van der Waals surface area contributed by atoms with E-state index >= 15 is 0 Å². The summed E-state index contributed by atoms with van der Waals surface area (Å²) in [6.07, 6.45) is -2.59. The number of hydrogen-bond donors (Lipinski definition) is 19. The highest BCUT2D eigenvalue weighted by Crippen LogP contribution is 2.58. The third-order valence-corrected chi connectivity index (χ3v) is 17.8. The largest absolute Gasteiger partial charge is 0.484 e. The highest BCUT2D eigenvalue weighted by Gasteiger charge is 2.45. The number of unbranched alkanes of at least 4 members (excludes halogenated alkanes) is 1. The normalized spacial score (nSPS) is 15.3. The lowest BCUT2D eigenvalue weighted by Gasteiger charge is -2.35. The molecule has 2 aromatic rings. The van der Waals surface area contributed by atoms with E-state index < -0.39 is 193 Å². The lowest BCUT2D eigenvalue weighted by Crippen LogP contribution is -2.52. The van der Waals surface area contributed by atoms with Crippen molar-refractivity contribution in [2.24, 2.45) is 0 Å². The molecular formula is C56H82N12O28P2. The summed E-state index contributed by atoms with van der Waals surface area (Å²) < 4.78 is 29.2. The number of nitrogens with zero attached hydrogens (tertiary/aromatic N) is 4. The van der Waals surface area contributed by atoms with Crippen LogP contribution in [0.4, 0.5) is 4.79 Å². The molecule has 3 rings (SSSR count). The van der Waals surface area contributed by atoms with E-state index in [1.165, 1.54) is 49.2 Å². The molecule has 1 aliphatic rings. The zero-order chi connectivity index (χ0) is 73.3. The van der Waals surface area contributed by atoms with Gasteiger partial charge in [0.2, 0.25) is 35.1 Å². The van der Waals surface area contributed by atoms with Crippen LogP contribution in [0.1, 0.15) is 56.1 Å². The van der Waals surface area contributed by atoms with E-state index in [2.05, 4.69) is 31.9 Å². The molecular weight excluding hydrogens is 1350 g/mol. The van der Waals surface area contributed by atoms with Gasteiger partial charge >= 0.3 is 63.0 Å². The average molecular weight is 1430 g/mol. The quantitative estimate of drug-likeness (QED) is 0.0219. The number of rotatable bonds is 41. The van der Waals surface area contributed by atoms with Gasteiger partial charge in [0.15, 0.2) is 6.61 Å². The number of carbonyl (C=O) groups is 14. The molecule has 1 fully saturated rings. The fourth-order valence-corrected chi connectivity index (χ4v) is 11.8. The first kappa shape index (κ1) is 83.0. The average Bonchev–Trinajstić information content (AvgIpc) is 0.843. The highest BCUT2D eigenvalue weighted by molar-refractivity contribution is 7.70. The van der Waals surface area contributed by atoms with Crippen LogP contribution in [0.5, 0.6) is 5.75 Å². The Hall–Kier alpha value is -9.24. The van der Waals surface area contributed by atoms with Crippen molar-refractivity contribution in [3.8, 4) is 5.75 Å². The minimum atomic E-state index is -5.67. The number of amides is 8. The van der Waals surface area contributed by atoms with Gasteiger partial charge in [0.25, 0.3) is 5.91 Å². The van der Waals surface area contributed by atoms with Crippen LogP contribution in [0, 0.1) is 0 Å². The molecule has 42 heteroatoms. The summed E-state index contributed by atoms with van der Waals surface area (Å²) in [5.74, 6) is -15.2. The van der Waals surface area contributed by atoms with Gasteiger partial charge in [0, 0.05) is 91.1 Å². The molecule has 1 unspecified atom stereocenters. The van der Waals surface area contributed by atoms with Crippen molar-refractivity contribution in [3.05, 3.63) is 65.7 Å². The van der Waals surface area contributed by atoms with Crippen molar-refractivity contribution < 1.29 is 136 Å². The van der Waals surface area contributed by atoms with Crippen LogP contribution in [-0.2, 0) is 84.3 Å². The number of benzene rings is 2. The summed E-state index contributed by atoms with van der Waals surface area (Å²) in [5.41, 5.74) is -2.06. The second-order valence-electron chi connectivity index (χ2n) is 22.2. The van der Waals surface area contributed by atoms with Crippen LogP contribution in [0.2, 0.25) is 0 Å². The molecule has 98 heavy (non-hydrogen) atoms. The monoisotopic (exact) mass is 1430 g/mol. The van der Waals surface area contributed by atoms with Gasteiger partial charge in [-0.15, -0.1) is 0 Å². The van der Waals surface area contributed by atoms with Crippen LogP contribution >= 0.6 is 15.2 Å². The smallest absolute Gasteiger partial charge is 0.360 e.